The number of hydrogen-bond donors (Lipinski definition) is 0. The Morgan fingerprint density at radius 3 is 2.27 bits per heavy atom. The Kier molecular flexibility index (Phi) is 6.89. The summed E-state index contributed by atoms with van der Waals surface area (Å²) in [7, 11) is -0.110. The van der Waals surface area contributed by atoms with Crippen LogP contribution in [0, 0.1) is 0 Å². The van der Waals surface area contributed by atoms with Crippen molar-refractivity contribution in [1.29, 1.82) is 0 Å². The van der Waals surface area contributed by atoms with Gasteiger partial charge in [-0.2, -0.15) is 0 Å². The second-order valence-corrected chi connectivity index (χ2v) is 13.3. The molecule has 26 heavy (non-hydrogen) atoms. The molecule has 0 amide bonds. The maximum Gasteiger partial charge on any atom is 0.192 e. The summed E-state index contributed by atoms with van der Waals surface area (Å²) in [5.41, 5.74) is 1.14. The molecule has 1 aromatic rings. The van der Waals surface area contributed by atoms with Crippen molar-refractivity contribution in [1.82, 2.24) is 0 Å². The Balaban J connectivity index is 2.06. The van der Waals surface area contributed by atoms with E-state index in [1.54, 1.807) is 7.11 Å². The second-order valence-electron chi connectivity index (χ2n) is 8.55. The molecule has 4 heteroatoms. The van der Waals surface area contributed by atoms with Gasteiger partial charge in [0, 0.05) is 12.8 Å². The Morgan fingerprint density at radius 1 is 1.12 bits per heavy atom. The average molecular weight is 375 g/mol. The number of benzene rings is 1. The monoisotopic (exact) mass is 374 g/mol. The van der Waals surface area contributed by atoms with Gasteiger partial charge in [-0.1, -0.05) is 51.1 Å². The highest BCUT2D eigenvalue weighted by Crippen LogP contribution is 2.39. The van der Waals surface area contributed by atoms with Gasteiger partial charge < -0.3 is 13.9 Å². The number of ether oxygens (including phenoxy) is 2. The molecule has 0 radical (unpaired) electrons. The van der Waals surface area contributed by atoms with Crippen molar-refractivity contribution < 1.29 is 13.9 Å². The first-order valence-corrected chi connectivity index (χ1v) is 12.3. The van der Waals surface area contributed by atoms with Gasteiger partial charge >= 0.3 is 0 Å². The molecule has 0 unspecified atom stereocenters. The van der Waals surface area contributed by atoms with E-state index in [4.69, 9.17) is 13.9 Å². The summed E-state index contributed by atoms with van der Waals surface area (Å²) >= 11 is 0. The van der Waals surface area contributed by atoms with Crippen LogP contribution in [0.5, 0.6) is 5.75 Å². The summed E-state index contributed by atoms with van der Waals surface area (Å²) in [6.45, 7) is 15.4. The van der Waals surface area contributed by atoms with Gasteiger partial charge in [-0.3, -0.25) is 0 Å². The molecule has 0 bridgehead atoms. The van der Waals surface area contributed by atoms with Crippen LogP contribution in [-0.2, 0) is 9.16 Å². The van der Waals surface area contributed by atoms with Crippen molar-refractivity contribution in [2.45, 2.75) is 70.1 Å². The normalized spacial score (nSPS) is 24.6. The molecule has 0 spiro atoms. The molecule has 3 nitrogen and oxygen atoms in total. The fraction of sp³-hybridized carbons (Fsp3) is 0.545. The molecular formula is C22H34O3Si. The molecule has 1 aliphatic heterocycles. The summed E-state index contributed by atoms with van der Waals surface area (Å²) in [6, 6.07) is 8.04. The zero-order chi connectivity index (χ0) is 19.4. The van der Waals surface area contributed by atoms with Crippen LogP contribution in [0.15, 0.2) is 43.0 Å². The number of methoxy groups -OCH3 is 1. The highest BCUT2D eigenvalue weighted by atomic mass is 28.4. The molecule has 2 rings (SSSR count). The molecule has 1 fully saturated rings. The van der Waals surface area contributed by atoms with Crippen LogP contribution in [0.25, 0.3) is 6.08 Å². The van der Waals surface area contributed by atoms with E-state index in [1.807, 2.05) is 30.3 Å². The van der Waals surface area contributed by atoms with Gasteiger partial charge in [0.2, 0.25) is 0 Å². The average Bonchev–Trinajstić information content (AvgIpc) is 2.58. The highest BCUT2D eigenvalue weighted by Gasteiger charge is 2.41. The minimum absolute atomic E-state index is 0.0450. The third-order valence-corrected chi connectivity index (χ3v) is 10.0. The van der Waals surface area contributed by atoms with Gasteiger partial charge in [0.15, 0.2) is 8.32 Å². The molecule has 1 saturated heterocycles. The van der Waals surface area contributed by atoms with Gasteiger partial charge in [0.1, 0.15) is 5.75 Å². The van der Waals surface area contributed by atoms with Crippen molar-refractivity contribution in [2.24, 2.45) is 0 Å². The molecule has 0 aromatic heterocycles. The summed E-state index contributed by atoms with van der Waals surface area (Å²) in [5.74, 6) is 0.866. The molecule has 1 heterocycles. The van der Waals surface area contributed by atoms with Crippen molar-refractivity contribution in [3.8, 4) is 5.75 Å². The zero-order valence-electron chi connectivity index (χ0n) is 17.1. The van der Waals surface area contributed by atoms with Crippen molar-refractivity contribution >= 4 is 14.4 Å². The predicted octanol–water partition coefficient (Wildman–Crippen LogP) is 5.83. The van der Waals surface area contributed by atoms with Crippen molar-refractivity contribution in [3.63, 3.8) is 0 Å². The van der Waals surface area contributed by atoms with Gasteiger partial charge in [-0.05, 0) is 35.8 Å². The topological polar surface area (TPSA) is 27.7 Å². The van der Waals surface area contributed by atoms with E-state index in [-0.39, 0.29) is 23.4 Å². The van der Waals surface area contributed by atoms with Crippen LogP contribution in [0.1, 0.15) is 39.2 Å². The standard InChI is InChI=1S/C22H34O3Si/c1-8-18-15-21(25-26(6,7)22(2,3)4)16-20(24-18)14-11-17-9-12-19(23-5)13-10-17/h8-14,18,20-21H,1,15-16H2,2-7H3/b14-11+/t18-,20+,21-/m0/s1. The minimum Gasteiger partial charge on any atom is -0.497 e. The fourth-order valence-corrected chi connectivity index (χ4v) is 4.23. The largest absolute Gasteiger partial charge is 0.497 e. The van der Waals surface area contributed by atoms with Gasteiger partial charge in [-0.15, -0.1) is 6.58 Å². The fourth-order valence-electron chi connectivity index (χ4n) is 2.85. The van der Waals surface area contributed by atoms with Crippen molar-refractivity contribution in [3.05, 3.63) is 48.6 Å². The smallest absolute Gasteiger partial charge is 0.192 e. The summed E-state index contributed by atoms with van der Waals surface area (Å²) < 4.78 is 18.0. The first-order valence-electron chi connectivity index (χ1n) is 9.42. The van der Waals surface area contributed by atoms with E-state index in [1.165, 1.54) is 0 Å². The molecule has 1 aromatic carbocycles. The lowest BCUT2D eigenvalue weighted by molar-refractivity contribution is -0.0501. The second kappa shape index (κ2) is 8.55. The van der Waals surface area contributed by atoms with Gasteiger partial charge in [0.05, 0.1) is 25.4 Å². The Hall–Kier alpha value is -1.36. The van der Waals surface area contributed by atoms with E-state index < -0.39 is 8.32 Å². The summed E-state index contributed by atoms with van der Waals surface area (Å²) in [5, 5.41) is 0.212. The lowest BCUT2D eigenvalue weighted by Gasteiger charge is -2.42. The van der Waals surface area contributed by atoms with E-state index in [0.717, 1.165) is 24.2 Å². The van der Waals surface area contributed by atoms with E-state index in [2.05, 4.69) is 52.6 Å². The van der Waals surface area contributed by atoms with Gasteiger partial charge in [0.25, 0.3) is 0 Å². The third kappa shape index (κ3) is 5.57. The zero-order valence-corrected chi connectivity index (χ0v) is 18.1. The molecule has 0 aliphatic carbocycles. The van der Waals surface area contributed by atoms with Crippen molar-refractivity contribution in [2.75, 3.05) is 7.11 Å². The van der Waals surface area contributed by atoms with Crippen LogP contribution in [0.4, 0.5) is 0 Å². The summed E-state index contributed by atoms with van der Waals surface area (Å²) in [6.07, 6.45) is 8.24. The SMILES string of the molecule is C=C[C@H]1C[C@H](O[Si](C)(C)C(C)(C)C)C[C@@H](/C=C/c2ccc(OC)cc2)O1. The molecular weight excluding hydrogens is 340 g/mol. The van der Waals surface area contributed by atoms with E-state index in [9.17, 15) is 0 Å². The summed E-state index contributed by atoms with van der Waals surface area (Å²) in [4.78, 5) is 0. The quantitative estimate of drug-likeness (QED) is 0.463. The lowest BCUT2D eigenvalue weighted by atomic mass is 10.00. The van der Waals surface area contributed by atoms with E-state index in [0.29, 0.717) is 0 Å². The maximum absolute atomic E-state index is 6.65. The Labute approximate surface area is 160 Å². The van der Waals surface area contributed by atoms with Crippen LogP contribution in [0.2, 0.25) is 18.1 Å². The first kappa shape index (κ1) is 20.9. The molecule has 144 valence electrons. The van der Waals surface area contributed by atoms with Crippen LogP contribution < -0.4 is 4.74 Å². The van der Waals surface area contributed by atoms with E-state index >= 15 is 0 Å². The molecule has 0 N–H and O–H groups in total. The predicted molar refractivity (Wildman–Crippen MR) is 112 cm³/mol. The molecule has 1 aliphatic rings. The highest BCUT2D eigenvalue weighted by molar-refractivity contribution is 6.74. The van der Waals surface area contributed by atoms with Crippen LogP contribution in [0.3, 0.4) is 0 Å². The lowest BCUT2D eigenvalue weighted by Crippen LogP contribution is -2.47. The Bertz CT molecular complexity index is 613. The maximum atomic E-state index is 6.65. The van der Waals surface area contributed by atoms with Crippen LogP contribution in [-0.4, -0.2) is 33.7 Å². The first-order chi connectivity index (χ1) is 12.1. The number of hydrogen-bond acceptors (Lipinski definition) is 3. The number of rotatable bonds is 6. The van der Waals surface area contributed by atoms with Gasteiger partial charge in [-0.25, -0.2) is 0 Å². The Morgan fingerprint density at radius 2 is 1.73 bits per heavy atom. The molecule has 0 saturated carbocycles. The molecule has 3 atom stereocenters. The minimum atomic E-state index is -1.79. The van der Waals surface area contributed by atoms with Crippen LogP contribution >= 0.6 is 0 Å². The third-order valence-electron chi connectivity index (χ3n) is 5.49.